The number of nitrogens with two attached hydrogens (primary N) is 1. The minimum atomic E-state index is 0.176. The quantitative estimate of drug-likeness (QED) is 0.428. The fourth-order valence-corrected chi connectivity index (χ4v) is 1.28. The molecule has 0 spiro atoms. The normalized spacial score (nSPS) is 12.5. The molecule has 0 amide bonds. The lowest BCUT2D eigenvalue weighted by molar-refractivity contribution is 0.309. The lowest BCUT2D eigenvalue weighted by Gasteiger charge is -2.11. The van der Waals surface area contributed by atoms with Gasteiger partial charge in [-0.3, -0.25) is 11.3 Å². The number of hydrogen-bond acceptors (Lipinski definition) is 3. The second kappa shape index (κ2) is 6.43. The van der Waals surface area contributed by atoms with E-state index >= 15 is 0 Å². The second-order valence-electron chi connectivity index (χ2n) is 3.66. The fraction of sp³-hybridized carbons (Fsp3) is 0.500. The molecule has 0 unspecified atom stereocenters. The highest BCUT2D eigenvalue weighted by Crippen LogP contribution is 2.17. The Morgan fingerprint density at radius 3 is 2.53 bits per heavy atom. The summed E-state index contributed by atoms with van der Waals surface area (Å²) < 4.78 is 5.56. The lowest BCUT2D eigenvalue weighted by atomic mass is 10.1. The molecule has 0 aliphatic heterocycles. The van der Waals surface area contributed by atoms with E-state index in [0.29, 0.717) is 0 Å². The van der Waals surface area contributed by atoms with Crippen LogP contribution < -0.4 is 16.0 Å². The number of unbranched alkanes of at least 4 members (excludes halogenated alkanes) is 1. The Hall–Kier alpha value is -1.06. The number of benzene rings is 1. The zero-order chi connectivity index (χ0) is 11.1. The van der Waals surface area contributed by atoms with Gasteiger partial charge in [-0.1, -0.05) is 25.5 Å². The van der Waals surface area contributed by atoms with Gasteiger partial charge in [0.15, 0.2) is 0 Å². The van der Waals surface area contributed by atoms with Crippen LogP contribution in [0.1, 0.15) is 38.3 Å². The molecule has 0 bridgehead atoms. The Kier molecular flexibility index (Phi) is 5.15. The molecule has 0 aliphatic rings. The van der Waals surface area contributed by atoms with E-state index in [9.17, 15) is 0 Å². The van der Waals surface area contributed by atoms with E-state index < -0.39 is 0 Å². The second-order valence-corrected chi connectivity index (χ2v) is 3.66. The van der Waals surface area contributed by atoms with Crippen molar-refractivity contribution < 1.29 is 4.74 Å². The first-order valence-corrected chi connectivity index (χ1v) is 5.46. The summed E-state index contributed by atoms with van der Waals surface area (Å²) in [6.45, 7) is 4.97. The van der Waals surface area contributed by atoms with Crippen molar-refractivity contribution in [3.8, 4) is 5.75 Å². The van der Waals surface area contributed by atoms with Crippen molar-refractivity contribution in [2.24, 2.45) is 5.84 Å². The summed E-state index contributed by atoms with van der Waals surface area (Å²) in [6, 6.07) is 8.21. The average molecular weight is 208 g/mol. The first kappa shape index (κ1) is 12.0. The minimum absolute atomic E-state index is 0.176. The molecular weight excluding hydrogens is 188 g/mol. The van der Waals surface area contributed by atoms with Crippen LogP contribution in [0.15, 0.2) is 24.3 Å². The van der Waals surface area contributed by atoms with Crippen molar-refractivity contribution in [3.05, 3.63) is 29.8 Å². The van der Waals surface area contributed by atoms with Gasteiger partial charge in [0.2, 0.25) is 0 Å². The van der Waals surface area contributed by atoms with E-state index in [4.69, 9.17) is 10.6 Å². The van der Waals surface area contributed by atoms with Crippen molar-refractivity contribution in [2.45, 2.75) is 32.7 Å². The third-order valence-electron chi connectivity index (χ3n) is 2.40. The molecule has 0 saturated carbocycles. The minimum Gasteiger partial charge on any atom is -0.494 e. The molecule has 1 atom stereocenters. The predicted molar refractivity (Wildman–Crippen MR) is 62.6 cm³/mol. The van der Waals surface area contributed by atoms with Crippen molar-refractivity contribution >= 4 is 0 Å². The molecule has 0 aromatic heterocycles. The molecule has 0 fully saturated rings. The summed E-state index contributed by atoms with van der Waals surface area (Å²) >= 11 is 0. The average Bonchev–Trinajstić information content (AvgIpc) is 2.29. The standard InChI is InChI=1S/C12H20N2O/c1-3-4-9-15-12-7-5-11(6-8-12)10(2)14-13/h5-8,10,14H,3-4,9,13H2,1-2H3/t10-/m0/s1. The number of rotatable bonds is 6. The van der Waals surface area contributed by atoms with Crippen LogP contribution >= 0.6 is 0 Å². The molecule has 15 heavy (non-hydrogen) atoms. The fourth-order valence-electron chi connectivity index (χ4n) is 1.28. The zero-order valence-electron chi connectivity index (χ0n) is 9.49. The highest BCUT2D eigenvalue weighted by atomic mass is 16.5. The number of nitrogens with one attached hydrogen (secondary N) is 1. The van der Waals surface area contributed by atoms with Gasteiger partial charge in [-0.05, 0) is 31.0 Å². The molecule has 1 rings (SSSR count). The Morgan fingerprint density at radius 2 is 2.00 bits per heavy atom. The summed E-state index contributed by atoms with van der Waals surface area (Å²) in [5, 5.41) is 0. The third-order valence-corrected chi connectivity index (χ3v) is 2.40. The van der Waals surface area contributed by atoms with Crippen molar-refractivity contribution in [1.29, 1.82) is 0 Å². The molecule has 3 nitrogen and oxygen atoms in total. The van der Waals surface area contributed by atoms with Crippen LogP contribution in [-0.4, -0.2) is 6.61 Å². The van der Waals surface area contributed by atoms with Gasteiger partial charge in [-0.2, -0.15) is 0 Å². The van der Waals surface area contributed by atoms with E-state index in [2.05, 4.69) is 12.3 Å². The van der Waals surface area contributed by atoms with Gasteiger partial charge >= 0.3 is 0 Å². The van der Waals surface area contributed by atoms with Crippen molar-refractivity contribution in [2.75, 3.05) is 6.61 Å². The van der Waals surface area contributed by atoms with Crippen LogP contribution in [0.5, 0.6) is 5.75 Å². The Bertz CT molecular complexity index is 271. The number of ether oxygens (including phenoxy) is 1. The summed E-state index contributed by atoms with van der Waals surface area (Å²) in [5.41, 5.74) is 3.88. The smallest absolute Gasteiger partial charge is 0.119 e. The molecule has 0 aliphatic carbocycles. The van der Waals surface area contributed by atoms with Crippen LogP contribution in [0.4, 0.5) is 0 Å². The monoisotopic (exact) mass is 208 g/mol. The molecule has 1 aromatic rings. The van der Waals surface area contributed by atoms with Crippen molar-refractivity contribution in [3.63, 3.8) is 0 Å². The molecule has 0 radical (unpaired) electrons. The summed E-state index contributed by atoms with van der Waals surface area (Å²) in [5.74, 6) is 6.29. The molecule has 0 saturated heterocycles. The van der Waals surface area contributed by atoms with Gasteiger partial charge in [-0.25, -0.2) is 0 Å². The van der Waals surface area contributed by atoms with E-state index in [1.165, 1.54) is 5.56 Å². The van der Waals surface area contributed by atoms with Crippen molar-refractivity contribution in [1.82, 2.24) is 5.43 Å². The maximum absolute atomic E-state index is 5.56. The lowest BCUT2D eigenvalue weighted by Crippen LogP contribution is -2.25. The molecule has 1 aromatic carbocycles. The Labute approximate surface area is 91.6 Å². The number of hydrogen-bond donors (Lipinski definition) is 2. The molecular formula is C12H20N2O. The maximum atomic E-state index is 5.56. The topological polar surface area (TPSA) is 47.3 Å². The van der Waals surface area contributed by atoms with Gasteiger partial charge in [0.1, 0.15) is 5.75 Å². The molecule has 3 N–H and O–H groups in total. The van der Waals surface area contributed by atoms with Gasteiger partial charge in [0.05, 0.1) is 6.61 Å². The predicted octanol–water partition coefficient (Wildman–Crippen LogP) is 2.39. The summed E-state index contributed by atoms with van der Waals surface area (Å²) in [7, 11) is 0. The SMILES string of the molecule is CCCCOc1ccc([C@H](C)NN)cc1. The zero-order valence-corrected chi connectivity index (χ0v) is 9.49. The highest BCUT2D eigenvalue weighted by molar-refractivity contribution is 5.28. The maximum Gasteiger partial charge on any atom is 0.119 e. The van der Waals surface area contributed by atoms with E-state index in [-0.39, 0.29) is 6.04 Å². The van der Waals surface area contributed by atoms with Gasteiger partial charge < -0.3 is 4.74 Å². The van der Waals surface area contributed by atoms with Crippen LogP contribution in [-0.2, 0) is 0 Å². The van der Waals surface area contributed by atoms with Crippen LogP contribution in [0.25, 0.3) is 0 Å². The first-order chi connectivity index (χ1) is 7.27. The Morgan fingerprint density at radius 1 is 1.33 bits per heavy atom. The van der Waals surface area contributed by atoms with Gasteiger partial charge in [-0.15, -0.1) is 0 Å². The first-order valence-electron chi connectivity index (χ1n) is 5.46. The van der Waals surface area contributed by atoms with Crippen LogP contribution in [0, 0.1) is 0 Å². The molecule has 84 valence electrons. The largest absolute Gasteiger partial charge is 0.494 e. The van der Waals surface area contributed by atoms with Gasteiger partial charge in [0, 0.05) is 6.04 Å². The van der Waals surface area contributed by atoms with Gasteiger partial charge in [0.25, 0.3) is 0 Å². The van der Waals surface area contributed by atoms with Crippen LogP contribution in [0.3, 0.4) is 0 Å². The van der Waals surface area contributed by atoms with Crippen LogP contribution in [0.2, 0.25) is 0 Å². The number of hydrazine groups is 1. The van der Waals surface area contributed by atoms with E-state index in [1.807, 2.05) is 31.2 Å². The molecule has 0 heterocycles. The highest BCUT2D eigenvalue weighted by Gasteiger charge is 2.02. The summed E-state index contributed by atoms with van der Waals surface area (Å²) in [6.07, 6.45) is 2.26. The van der Waals surface area contributed by atoms with E-state index in [0.717, 1.165) is 25.2 Å². The summed E-state index contributed by atoms with van der Waals surface area (Å²) in [4.78, 5) is 0. The molecule has 3 heteroatoms. The third kappa shape index (κ3) is 3.90. The van der Waals surface area contributed by atoms with E-state index in [1.54, 1.807) is 0 Å². The Balaban J connectivity index is 2.49.